The lowest BCUT2D eigenvalue weighted by molar-refractivity contribution is 1.29. The van der Waals surface area contributed by atoms with E-state index in [2.05, 4.69) is 12.7 Å². The van der Waals surface area contributed by atoms with Crippen molar-refractivity contribution in [2.24, 2.45) is 0 Å². The second kappa shape index (κ2) is 5.36. The van der Waals surface area contributed by atoms with E-state index in [9.17, 15) is 0 Å². The Labute approximate surface area is 57.6 Å². The molecule has 0 bridgehead atoms. The Morgan fingerprint density at radius 1 is 1.33 bits per heavy atom. The molecule has 0 N–H and O–H groups in total. The van der Waals surface area contributed by atoms with Crippen molar-refractivity contribution >= 4 is 0 Å². The number of hydrogen-bond acceptors (Lipinski definition) is 0. The van der Waals surface area contributed by atoms with E-state index in [0.29, 0.717) is 0 Å². The molecule has 0 aliphatic heterocycles. The van der Waals surface area contributed by atoms with Crippen LogP contribution >= 0.6 is 0 Å². The van der Waals surface area contributed by atoms with Crippen LogP contribution in [-0.2, 0) is 0 Å². The zero-order chi connectivity index (χ0) is 7.11. The highest BCUT2D eigenvalue weighted by molar-refractivity contribution is 5.16. The van der Waals surface area contributed by atoms with E-state index in [-0.39, 0.29) is 0 Å². The van der Waals surface area contributed by atoms with Crippen LogP contribution < -0.4 is 0 Å². The summed E-state index contributed by atoms with van der Waals surface area (Å²) < 4.78 is 0. The van der Waals surface area contributed by atoms with Gasteiger partial charge in [0, 0.05) is 0 Å². The molecule has 0 heteroatoms. The standard InChI is InChI=1S/C9H14/c1-4-6-8-9(3)7-5-2/h4-7H,3,8H2,1-2H3/b6-4+,7-5+. The van der Waals surface area contributed by atoms with Crippen molar-refractivity contribution in [1.29, 1.82) is 0 Å². The number of hydrogen-bond donors (Lipinski definition) is 0. The van der Waals surface area contributed by atoms with Crippen LogP contribution in [0.3, 0.4) is 0 Å². The molecule has 0 amide bonds. The van der Waals surface area contributed by atoms with Gasteiger partial charge in [-0.1, -0.05) is 36.5 Å². The Morgan fingerprint density at radius 2 is 2.00 bits per heavy atom. The Hall–Kier alpha value is -0.780. The SMILES string of the molecule is C=C(/C=C/C)C/C=C/C. The van der Waals surface area contributed by atoms with E-state index >= 15 is 0 Å². The molecule has 0 atom stereocenters. The first-order valence-corrected chi connectivity index (χ1v) is 3.23. The van der Waals surface area contributed by atoms with E-state index in [1.54, 1.807) is 0 Å². The molecule has 0 aromatic heterocycles. The molecular formula is C9H14. The normalized spacial score (nSPS) is 11.3. The van der Waals surface area contributed by atoms with Crippen LogP contribution in [0.5, 0.6) is 0 Å². The summed E-state index contributed by atoms with van der Waals surface area (Å²) in [5.74, 6) is 0. The Bertz CT molecular complexity index is 127. The summed E-state index contributed by atoms with van der Waals surface area (Å²) in [7, 11) is 0. The van der Waals surface area contributed by atoms with Crippen molar-refractivity contribution in [3.05, 3.63) is 36.5 Å². The van der Waals surface area contributed by atoms with Crippen molar-refractivity contribution in [3.63, 3.8) is 0 Å². The molecule has 50 valence electrons. The van der Waals surface area contributed by atoms with E-state index in [1.165, 1.54) is 0 Å². The Morgan fingerprint density at radius 3 is 2.44 bits per heavy atom. The minimum absolute atomic E-state index is 0.973. The second-order valence-electron chi connectivity index (χ2n) is 1.93. The molecule has 0 saturated heterocycles. The average molecular weight is 122 g/mol. The second-order valence-corrected chi connectivity index (χ2v) is 1.93. The fraction of sp³-hybridized carbons (Fsp3) is 0.333. The highest BCUT2D eigenvalue weighted by atomic mass is 13.9. The van der Waals surface area contributed by atoms with Crippen LogP contribution in [0, 0.1) is 0 Å². The maximum Gasteiger partial charge on any atom is -0.0104 e. The molecule has 0 spiro atoms. The molecule has 9 heavy (non-hydrogen) atoms. The third-order valence-corrected chi connectivity index (χ3v) is 1.02. The maximum atomic E-state index is 3.84. The van der Waals surface area contributed by atoms with Gasteiger partial charge >= 0.3 is 0 Å². The zero-order valence-corrected chi connectivity index (χ0v) is 6.22. The molecule has 0 radical (unpaired) electrons. The third kappa shape index (κ3) is 5.09. The fourth-order valence-corrected chi connectivity index (χ4v) is 0.573. The van der Waals surface area contributed by atoms with Gasteiger partial charge in [-0.25, -0.2) is 0 Å². The molecule has 0 aromatic carbocycles. The van der Waals surface area contributed by atoms with Gasteiger partial charge in [0.2, 0.25) is 0 Å². The molecule has 0 heterocycles. The van der Waals surface area contributed by atoms with E-state index in [1.807, 2.05) is 32.1 Å². The first-order valence-electron chi connectivity index (χ1n) is 3.23. The zero-order valence-electron chi connectivity index (χ0n) is 6.22. The van der Waals surface area contributed by atoms with E-state index in [4.69, 9.17) is 0 Å². The average Bonchev–Trinajstić information content (AvgIpc) is 1.85. The minimum atomic E-state index is 0.973. The van der Waals surface area contributed by atoms with Gasteiger partial charge in [-0.15, -0.1) is 0 Å². The molecule has 0 rings (SSSR count). The molecule has 0 aliphatic rings. The monoisotopic (exact) mass is 122 g/mol. The smallest absolute Gasteiger partial charge is 0.0104 e. The van der Waals surface area contributed by atoms with Gasteiger partial charge in [0.1, 0.15) is 0 Å². The van der Waals surface area contributed by atoms with Crippen molar-refractivity contribution in [2.45, 2.75) is 20.3 Å². The van der Waals surface area contributed by atoms with Gasteiger partial charge in [-0.3, -0.25) is 0 Å². The molecule has 0 nitrogen and oxygen atoms in total. The van der Waals surface area contributed by atoms with Crippen molar-refractivity contribution < 1.29 is 0 Å². The predicted octanol–water partition coefficient (Wildman–Crippen LogP) is 3.08. The number of rotatable bonds is 3. The van der Waals surface area contributed by atoms with Crippen LogP contribution in [0.25, 0.3) is 0 Å². The first-order chi connectivity index (χ1) is 4.31. The third-order valence-electron chi connectivity index (χ3n) is 1.02. The summed E-state index contributed by atoms with van der Waals surface area (Å²) in [5.41, 5.74) is 1.16. The lowest BCUT2D eigenvalue weighted by Crippen LogP contribution is -1.68. The minimum Gasteiger partial charge on any atom is -0.0955 e. The lowest BCUT2D eigenvalue weighted by Gasteiger charge is -1.89. The summed E-state index contributed by atoms with van der Waals surface area (Å²) in [5, 5.41) is 0. The summed E-state index contributed by atoms with van der Waals surface area (Å²) in [4.78, 5) is 0. The van der Waals surface area contributed by atoms with Crippen molar-refractivity contribution in [3.8, 4) is 0 Å². The largest absolute Gasteiger partial charge is 0.0955 e. The summed E-state index contributed by atoms with van der Waals surface area (Å²) in [6.45, 7) is 7.86. The maximum absolute atomic E-state index is 3.84. The van der Waals surface area contributed by atoms with Crippen molar-refractivity contribution in [1.82, 2.24) is 0 Å². The molecule has 0 saturated carbocycles. The fourth-order valence-electron chi connectivity index (χ4n) is 0.573. The Kier molecular flexibility index (Phi) is 4.89. The van der Waals surface area contributed by atoms with Crippen LogP contribution in [-0.4, -0.2) is 0 Å². The molecule has 0 aliphatic carbocycles. The van der Waals surface area contributed by atoms with E-state index in [0.717, 1.165) is 12.0 Å². The van der Waals surface area contributed by atoms with Crippen LogP contribution in [0.4, 0.5) is 0 Å². The van der Waals surface area contributed by atoms with Gasteiger partial charge in [0.15, 0.2) is 0 Å². The van der Waals surface area contributed by atoms with Crippen LogP contribution in [0.15, 0.2) is 36.5 Å². The van der Waals surface area contributed by atoms with Gasteiger partial charge in [0.05, 0.1) is 0 Å². The van der Waals surface area contributed by atoms with Crippen LogP contribution in [0.1, 0.15) is 20.3 Å². The quantitative estimate of drug-likeness (QED) is 0.398. The predicted molar refractivity (Wildman–Crippen MR) is 43.4 cm³/mol. The van der Waals surface area contributed by atoms with Gasteiger partial charge in [0.25, 0.3) is 0 Å². The Balaban J connectivity index is 3.51. The lowest BCUT2D eigenvalue weighted by atomic mass is 10.2. The molecule has 0 aromatic rings. The summed E-state index contributed by atoms with van der Waals surface area (Å²) in [6, 6.07) is 0. The van der Waals surface area contributed by atoms with E-state index < -0.39 is 0 Å². The van der Waals surface area contributed by atoms with Gasteiger partial charge in [-0.2, -0.15) is 0 Å². The number of allylic oxidation sites excluding steroid dienone is 5. The summed E-state index contributed by atoms with van der Waals surface area (Å²) in [6.07, 6.45) is 9.14. The molecular weight excluding hydrogens is 108 g/mol. The highest BCUT2D eigenvalue weighted by Crippen LogP contribution is 1.99. The highest BCUT2D eigenvalue weighted by Gasteiger charge is 1.79. The van der Waals surface area contributed by atoms with Crippen LogP contribution in [0.2, 0.25) is 0 Å². The van der Waals surface area contributed by atoms with Gasteiger partial charge in [-0.05, 0) is 20.3 Å². The molecule has 0 unspecified atom stereocenters. The summed E-state index contributed by atoms with van der Waals surface area (Å²) >= 11 is 0. The van der Waals surface area contributed by atoms with Crippen molar-refractivity contribution in [2.75, 3.05) is 0 Å². The van der Waals surface area contributed by atoms with Gasteiger partial charge < -0.3 is 0 Å². The first kappa shape index (κ1) is 8.22. The topological polar surface area (TPSA) is 0 Å². The molecule has 0 fully saturated rings.